The van der Waals surface area contributed by atoms with Gasteiger partial charge in [0.1, 0.15) is 17.0 Å². The van der Waals surface area contributed by atoms with Crippen molar-refractivity contribution in [3.63, 3.8) is 0 Å². The zero-order chi connectivity index (χ0) is 35.9. The van der Waals surface area contributed by atoms with E-state index in [1.807, 2.05) is 105 Å². The number of phenols is 1. The van der Waals surface area contributed by atoms with Crippen LogP contribution in [0.2, 0.25) is 5.02 Å². The Hall–Kier alpha value is -5.33. The molecule has 0 spiro atoms. The number of fused-ring (bicyclic) bond motifs is 2. The number of rotatable bonds is 12. The van der Waals surface area contributed by atoms with Crippen LogP contribution >= 0.6 is 11.6 Å². The maximum Gasteiger partial charge on any atom is 0.196 e. The lowest BCUT2D eigenvalue weighted by atomic mass is 9.82. The highest BCUT2D eigenvalue weighted by molar-refractivity contribution is 6.31. The van der Waals surface area contributed by atoms with Crippen LogP contribution in [0.15, 0.2) is 109 Å². The van der Waals surface area contributed by atoms with Gasteiger partial charge in [0.05, 0.1) is 16.9 Å². The Kier molecular flexibility index (Phi) is 11.2. The molecule has 2 N–H and O–H groups in total. The van der Waals surface area contributed by atoms with Crippen LogP contribution in [-0.4, -0.2) is 29.0 Å². The number of hydrogen-bond donors (Lipinski definition) is 2. The number of para-hydroxylation sites is 1. The first-order valence-electron chi connectivity index (χ1n) is 17.9. The lowest BCUT2D eigenvalue weighted by Crippen LogP contribution is -2.25. The normalized spacial score (nSPS) is 11.4. The highest BCUT2D eigenvalue weighted by atomic mass is 35.5. The fourth-order valence-corrected chi connectivity index (χ4v) is 6.63. The van der Waals surface area contributed by atoms with Crippen LogP contribution in [0.5, 0.6) is 17.2 Å². The fraction of sp³-hybridized carbons (Fsp3) is 0.227. The number of benzene rings is 5. The molecular formula is C44H44ClN3O3. The number of ether oxygens (including phenoxy) is 1. The number of aromatic hydroxyl groups is 1. The van der Waals surface area contributed by atoms with Gasteiger partial charge in [0, 0.05) is 58.1 Å². The third-order valence-electron chi connectivity index (χ3n) is 9.02. The molecule has 0 unspecified atom stereocenters. The molecule has 0 atom stereocenters. The molecule has 260 valence electrons. The predicted molar refractivity (Wildman–Crippen MR) is 212 cm³/mol. The Labute approximate surface area is 305 Å². The zero-order valence-corrected chi connectivity index (χ0v) is 30.4. The Balaban J connectivity index is 0.00000220. The van der Waals surface area contributed by atoms with Gasteiger partial charge in [-0.05, 0) is 78.6 Å². The average molecular weight is 698 g/mol. The number of aromatic nitrogens is 1. The number of phenolic OH excluding ortho intramolecular Hbond substituents is 1. The van der Waals surface area contributed by atoms with E-state index >= 15 is 0 Å². The number of halogens is 1. The van der Waals surface area contributed by atoms with Crippen molar-refractivity contribution in [3.8, 4) is 39.6 Å². The van der Waals surface area contributed by atoms with Crippen LogP contribution in [0, 0.1) is 0 Å². The smallest absolute Gasteiger partial charge is 0.196 e. The standard InChI is InChI=1S/C42H38ClN3O3.C2H6/c1-3-5-22-46(23-6-4-2)29-20-21-33(37(47)24-29)35-25-34-31-14-10-11-15-32(31)42(48)40-36(44-28-18-16-27(43)17-19-28)26-38(41(45-35)39(34)40)49-30-12-8-7-9-13-30;1-2/h7-21,24-26,44,47H,3-6,22-23H2,1-2H3;1-2H3. The SMILES string of the molecule is CC.CCCCN(CCCC)c1ccc(-c2cc3c4c(c(Nc5ccc(Cl)cc5)cc(Oc5ccccc5)c4n2)C(=O)c2ccccc2-3)c(O)c1. The highest BCUT2D eigenvalue weighted by Gasteiger charge is 2.31. The number of carbonyl (C=O) groups is 1. The quantitative estimate of drug-likeness (QED) is 0.132. The van der Waals surface area contributed by atoms with Crippen LogP contribution in [0.25, 0.3) is 33.3 Å². The van der Waals surface area contributed by atoms with Crippen molar-refractivity contribution in [1.82, 2.24) is 4.98 Å². The van der Waals surface area contributed by atoms with E-state index < -0.39 is 0 Å². The molecular weight excluding hydrogens is 654 g/mol. The van der Waals surface area contributed by atoms with Gasteiger partial charge in [0.15, 0.2) is 11.5 Å². The Bertz CT molecular complexity index is 2140. The number of ketones is 1. The summed E-state index contributed by atoms with van der Waals surface area (Å²) in [6, 6.07) is 34.2. The van der Waals surface area contributed by atoms with E-state index in [4.69, 9.17) is 21.3 Å². The van der Waals surface area contributed by atoms with E-state index in [0.29, 0.717) is 55.5 Å². The number of carbonyl (C=O) groups excluding carboxylic acids is 1. The minimum atomic E-state index is -0.100. The van der Waals surface area contributed by atoms with Crippen molar-refractivity contribution < 1.29 is 14.6 Å². The van der Waals surface area contributed by atoms with Crippen molar-refractivity contribution in [1.29, 1.82) is 0 Å². The summed E-state index contributed by atoms with van der Waals surface area (Å²) in [7, 11) is 0. The molecule has 0 amide bonds. The summed E-state index contributed by atoms with van der Waals surface area (Å²) >= 11 is 6.19. The largest absolute Gasteiger partial charge is 0.507 e. The van der Waals surface area contributed by atoms with Crippen LogP contribution < -0.4 is 15.0 Å². The van der Waals surface area contributed by atoms with Gasteiger partial charge in [-0.3, -0.25) is 4.79 Å². The van der Waals surface area contributed by atoms with Crippen molar-refractivity contribution in [3.05, 3.63) is 125 Å². The second-order valence-corrected chi connectivity index (χ2v) is 12.8. The summed E-state index contributed by atoms with van der Waals surface area (Å²) in [5, 5.41) is 16.3. The Morgan fingerprint density at radius 1 is 0.765 bits per heavy atom. The Morgan fingerprint density at radius 2 is 1.43 bits per heavy atom. The van der Waals surface area contributed by atoms with Gasteiger partial charge in [-0.15, -0.1) is 0 Å². The van der Waals surface area contributed by atoms with E-state index in [-0.39, 0.29) is 11.5 Å². The molecule has 1 heterocycles. The molecule has 0 fully saturated rings. The lowest BCUT2D eigenvalue weighted by molar-refractivity contribution is 0.104. The van der Waals surface area contributed by atoms with Crippen LogP contribution in [0.1, 0.15) is 69.3 Å². The first-order valence-corrected chi connectivity index (χ1v) is 18.3. The van der Waals surface area contributed by atoms with Crippen LogP contribution in [0.3, 0.4) is 0 Å². The van der Waals surface area contributed by atoms with Crippen LogP contribution in [0.4, 0.5) is 17.1 Å². The monoisotopic (exact) mass is 697 g/mol. The first kappa shape index (κ1) is 35.5. The third-order valence-corrected chi connectivity index (χ3v) is 9.27. The molecule has 0 aliphatic heterocycles. The molecule has 0 saturated heterocycles. The lowest BCUT2D eigenvalue weighted by Gasteiger charge is -2.26. The second kappa shape index (κ2) is 16.1. The molecule has 5 aromatic carbocycles. The summed E-state index contributed by atoms with van der Waals surface area (Å²) in [6.07, 6.45) is 4.38. The molecule has 1 aliphatic rings. The van der Waals surface area contributed by atoms with Crippen molar-refractivity contribution >= 4 is 45.3 Å². The van der Waals surface area contributed by atoms with E-state index in [0.717, 1.165) is 61.3 Å². The molecule has 6 aromatic rings. The maximum absolute atomic E-state index is 14.3. The van der Waals surface area contributed by atoms with Gasteiger partial charge >= 0.3 is 0 Å². The Morgan fingerprint density at radius 3 is 2.10 bits per heavy atom. The number of nitrogens with zero attached hydrogens (tertiary/aromatic N) is 2. The molecule has 6 nitrogen and oxygen atoms in total. The molecule has 0 saturated carbocycles. The van der Waals surface area contributed by atoms with Gasteiger partial charge in [0.25, 0.3) is 0 Å². The molecule has 0 radical (unpaired) electrons. The van der Waals surface area contributed by atoms with Gasteiger partial charge in [-0.2, -0.15) is 0 Å². The predicted octanol–water partition coefficient (Wildman–Crippen LogP) is 12.4. The van der Waals surface area contributed by atoms with Gasteiger partial charge in [-0.1, -0.05) is 94.6 Å². The summed E-state index contributed by atoms with van der Waals surface area (Å²) in [5.74, 6) is 1.18. The zero-order valence-electron chi connectivity index (χ0n) is 29.7. The highest BCUT2D eigenvalue weighted by Crippen LogP contribution is 2.48. The number of nitrogens with one attached hydrogen (secondary N) is 1. The van der Waals surface area contributed by atoms with Crippen molar-refractivity contribution in [2.45, 2.75) is 53.4 Å². The minimum absolute atomic E-state index is 0.100. The molecule has 7 rings (SSSR count). The van der Waals surface area contributed by atoms with E-state index in [2.05, 4.69) is 30.1 Å². The maximum atomic E-state index is 14.3. The van der Waals surface area contributed by atoms with E-state index in [1.165, 1.54) is 0 Å². The summed E-state index contributed by atoms with van der Waals surface area (Å²) in [4.78, 5) is 21.8. The van der Waals surface area contributed by atoms with E-state index in [9.17, 15) is 9.90 Å². The molecule has 0 bridgehead atoms. The second-order valence-electron chi connectivity index (χ2n) is 12.4. The molecule has 51 heavy (non-hydrogen) atoms. The average Bonchev–Trinajstić information content (AvgIpc) is 3.16. The van der Waals surface area contributed by atoms with Crippen LogP contribution in [-0.2, 0) is 0 Å². The number of hydrogen-bond acceptors (Lipinski definition) is 6. The number of pyridine rings is 1. The van der Waals surface area contributed by atoms with Gasteiger partial charge in [-0.25, -0.2) is 4.98 Å². The summed E-state index contributed by atoms with van der Waals surface area (Å²) < 4.78 is 6.53. The first-order chi connectivity index (χ1) is 24.9. The van der Waals surface area contributed by atoms with Crippen molar-refractivity contribution in [2.75, 3.05) is 23.3 Å². The van der Waals surface area contributed by atoms with E-state index in [1.54, 1.807) is 12.1 Å². The molecule has 1 aliphatic carbocycles. The minimum Gasteiger partial charge on any atom is -0.507 e. The molecule has 1 aromatic heterocycles. The third kappa shape index (κ3) is 7.42. The summed E-state index contributed by atoms with van der Waals surface area (Å²) in [6.45, 7) is 10.3. The summed E-state index contributed by atoms with van der Waals surface area (Å²) in [5.41, 5.74) is 6.88. The molecule has 7 heteroatoms. The number of unbranched alkanes of at least 4 members (excludes halogenated alkanes) is 2. The topological polar surface area (TPSA) is 74.7 Å². The van der Waals surface area contributed by atoms with Gasteiger partial charge in [0.2, 0.25) is 0 Å². The number of anilines is 3. The van der Waals surface area contributed by atoms with Gasteiger partial charge < -0.3 is 20.1 Å². The van der Waals surface area contributed by atoms with Crippen molar-refractivity contribution in [2.24, 2.45) is 0 Å². The fourth-order valence-electron chi connectivity index (χ4n) is 6.50.